The Morgan fingerprint density at radius 3 is 2.88 bits per heavy atom. The van der Waals surface area contributed by atoms with Crippen molar-refractivity contribution < 1.29 is 14.6 Å². The summed E-state index contributed by atoms with van der Waals surface area (Å²) in [5.41, 5.74) is 0. The van der Waals surface area contributed by atoms with Crippen molar-refractivity contribution in [3.63, 3.8) is 0 Å². The summed E-state index contributed by atoms with van der Waals surface area (Å²) in [6.45, 7) is 6.40. The molecule has 1 saturated heterocycles. The molecule has 0 saturated carbocycles. The predicted octanol–water partition coefficient (Wildman–Crippen LogP) is 1.03. The summed E-state index contributed by atoms with van der Waals surface area (Å²) in [5.74, 6) is 0.433. The highest BCUT2D eigenvalue weighted by Gasteiger charge is 2.31. The van der Waals surface area contributed by atoms with Gasteiger partial charge in [0.05, 0.1) is 6.61 Å². The normalized spacial score (nSPS) is 23.3. The van der Waals surface area contributed by atoms with Crippen LogP contribution in [0.15, 0.2) is 0 Å². The van der Waals surface area contributed by atoms with Crippen LogP contribution in [0.4, 0.5) is 0 Å². The summed E-state index contributed by atoms with van der Waals surface area (Å²) in [6.07, 6.45) is 2.72. The van der Waals surface area contributed by atoms with E-state index in [1.807, 2.05) is 13.8 Å². The standard InChI is InChI=1S/C12H23NO3/c1-3-11(12(15)16-4-2)13-7-5-10(9-13)6-8-14/h10-11,14H,3-9H2,1-2H3. The molecule has 0 amide bonds. The van der Waals surface area contributed by atoms with E-state index < -0.39 is 0 Å². The lowest BCUT2D eigenvalue weighted by atomic mass is 10.1. The third-order valence-electron chi connectivity index (χ3n) is 3.24. The second-order valence-corrected chi connectivity index (χ2v) is 4.34. The number of rotatable bonds is 6. The number of carbonyl (C=O) groups is 1. The smallest absolute Gasteiger partial charge is 0.323 e. The van der Waals surface area contributed by atoms with Gasteiger partial charge in [0, 0.05) is 13.2 Å². The van der Waals surface area contributed by atoms with Crippen LogP contribution < -0.4 is 0 Å². The number of aliphatic hydroxyl groups excluding tert-OH is 1. The van der Waals surface area contributed by atoms with E-state index in [4.69, 9.17) is 9.84 Å². The van der Waals surface area contributed by atoms with Gasteiger partial charge in [0.25, 0.3) is 0 Å². The quantitative estimate of drug-likeness (QED) is 0.691. The largest absolute Gasteiger partial charge is 0.465 e. The second kappa shape index (κ2) is 6.86. The number of hydrogen-bond donors (Lipinski definition) is 1. The molecule has 1 aliphatic rings. The molecular weight excluding hydrogens is 206 g/mol. The molecule has 1 N–H and O–H groups in total. The molecule has 1 rings (SSSR count). The molecule has 1 fully saturated rings. The third-order valence-corrected chi connectivity index (χ3v) is 3.24. The van der Waals surface area contributed by atoms with E-state index >= 15 is 0 Å². The maximum atomic E-state index is 11.7. The number of ether oxygens (including phenoxy) is 1. The monoisotopic (exact) mass is 229 g/mol. The minimum atomic E-state index is -0.102. The van der Waals surface area contributed by atoms with E-state index in [1.165, 1.54) is 0 Å². The molecule has 1 aliphatic heterocycles. The molecule has 2 atom stereocenters. The van der Waals surface area contributed by atoms with Gasteiger partial charge in [0.2, 0.25) is 0 Å². The molecule has 0 aliphatic carbocycles. The fraction of sp³-hybridized carbons (Fsp3) is 0.917. The summed E-state index contributed by atoms with van der Waals surface area (Å²) in [7, 11) is 0. The highest BCUT2D eigenvalue weighted by molar-refractivity contribution is 5.75. The SMILES string of the molecule is CCOC(=O)C(CC)N1CCC(CCO)C1. The average molecular weight is 229 g/mol. The van der Waals surface area contributed by atoms with E-state index in [0.29, 0.717) is 12.5 Å². The Hall–Kier alpha value is -0.610. The summed E-state index contributed by atoms with van der Waals surface area (Å²) in [4.78, 5) is 13.9. The van der Waals surface area contributed by atoms with Crippen LogP contribution in [0.5, 0.6) is 0 Å². The van der Waals surface area contributed by atoms with Crippen LogP contribution in [0.3, 0.4) is 0 Å². The Balaban J connectivity index is 2.45. The minimum Gasteiger partial charge on any atom is -0.465 e. The fourth-order valence-corrected chi connectivity index (χ4v) is 2.38. The first kappa shape index (κ1) is 13.5. The first-order valence-corrected chi connectivity index (χ1v) is 6.24. The van der Waals surface area contributed by atoms with Crippen molar-refractivity contribution >= 4 is 5.97 Å². The maximum absolute atomic E-state index is 11.7. The molecule has 0 aromatic carbocycles. The van der Waals surface area contributed by atoms with Crippen molar-refractivity contribution in [2.45, 2.75) is 39.2 Å². The van der Waals surface area contributed by atoms with Crippen molar-refractivity contribution in [2.75, 3.05) is 26.3 Å². The Bertz CT molecular complexity index is 220. The van der Waals surface area contributed by atoms with Crippen LogP contribution >= 0.6 is 0 Å². The van der Waals surface area contributed by atoms with Crippen molar-refractivity contribution in [3.05, 3.63) is 0 Å². The number of likely N-dealkylation sites (tertiary alicyclic amines) is 1. The Morgan fingerprint density at radius 2 is 2.31 bits per heavy atom. The van der Waals surface area contributed by atoms with Crippen molar-refractivity contribution in [3.8, 4) is 0 Å². The van der Waals surface area contributed by atoms with Gasteiger partial charge in [0.1, 0.15) is 6.04 Å². The summed E-state index contributed by atoms with van der Waals surface area (Å²) in [6, 6.07) is -0.0938. The van der Waals surface area contributed by atoms with E-state index in [1.54, 1.807) is 0 Å². The number of nitrogens with zero attached hydrogens (tertiary/aromatic N) is 1. The molecule has 2 unspecified atom stereocenters. The van der Waals surface area contributed by atoms with Gasteiger partial charge >= 0.3 is 5.97 Å². The molecule has 0 bridgehead atoms. The maximum Gasteiger partial charge on any atom is 0.323 e. The zero-order chi connectivity index (χ0) is 12.0. The van der Waals surface area contributed by atoms with E-state index in [-0.39, 0.29) is 18.6 Å². The number of esters is 1. The predicted molar refractivity (Wildman–Crippen MR) is 62.1 cm³/mol. The van der Waals surface area contributed by atoms with Gasteiger partial charge < -0.3 is 9.84 Å². The Morgan fingerprint density at radius 1 is 1.56 bits per heavy atom. The topological polar surface area (TPSA) is 49.8 Å². The van der Waals surface area contributed by atoms with Gasteiger partial charge in [-0.15, -0.1) is 0 Å². The number of carbonyl (C=O) groups excluding carboxylic acids is 1. The lowest BCUT2D eigenvalue weighted by Crippen LogP contribution is -2.40. The van der Waals surface area contributed by atoms with Gasteiger partial charge in [-0.2, -0.15) is 0 Å². The van der Waals surface area contributed by atoms with E-state index in [0.717, 1.165) is 32.4 Å². The van der Waals surface area contributed by atoms with Crippen molar-refractivity contribution in [1.82, 2.24) is 4.90 Å². The lowest BCUT2D eigenvalue weighted by Gasteiger charge is -2.24. The first-order chi connectivity index (χ1) is 7.72. The Labute approximate surface area is 97.6 Å². The molecule has 0 spiro atoms. The van der Waals surface area contributed by atoms with E-state index in [9.17, 15) is 4.79 Å². The van der Waals surface area contributed by atoms with Gasteiger partial charge in [-0.3, -0.25) is 9.69 Å². The summed E-state index contributed by atoms with van der Waals surface area (Å²) >= 11 is 0. The zero-order valence-corrected chi connectivity index (χ0v) is 10.3. The van der Waals surface area contributed by atoms with Crippen LogP contribution in [-0.2, 0) is 9.53 Å². The summed E-state index contributed by atoms with van der Waals surface area (Å²) < 4.78 is 5.07. The van der Waals surface area contributed by atoms with Gasteiger partial charge in [-0.1, -0.05) is 6.92 Å². The average Bonchev–Trinajstić information content (AvgIpc) is 2.68. The van der Waals surface area contributed by atoms with Gasteiger partial charge in [-0.05, 0) is 38.6 Å². The molecule has 0 aromatic rings. The minimum absolute atomic E-state index is 0.0938. The number of aliphatic hydroxyl groups is 1. The molecular formula is C12H23NO3. The van der Waals surface area contributed by atoms with Gasteiger partial charge in [0.15, 0.2) is 0 Å². The highest BCUT2D eigenvalue weighted by atomic mass is 16.5. The molecule has 16 heavy (non-hydrogen) atoms. The third kappa shape index (κ3) is 3.46. The van der Waals surface area contributed by atoms with Gasteiger partial charge in [-0.25, -0.2) is 0 Å². The molecule has 0 radical (unpaired) electrons. The van der Waals surface area contributed by atoms with Crippen LogP contribution in [0.25, 0.3) is 0 Å². The van der Waals surface area contributed by atoms with Crippen molar-refractivity contribution in [1.29, 1.82) is 0 Å². The molecule has 4 heteroatoms. The zero-order valence-electron chi connectivity index (χ0n) is 10.3. The second-order valence-electron chi connectivity index (χ2n) is 4.34. The van der Waals surface area contributed by atoms with Crippen molar-refractivity contribution in [2.24, 2.45) is 5.92 Å². The van der Waals surface area contributed by atoms with E-state index in [2.05, 4.69) is 4.90 Å². The van der Waals surface area contributed by atoms with Crippen LogP contribution in [0.1, 0.15) is 33.1 Å². The number of hydrogen-bond acceptors (Lipinski definition) is 4. The fourth-order valence-electron chi connectivity index (χ4n) is 2.38. The first-order valence-electron chi connectivity index (χ1n) is 6.24. The molecule has 94 valence electrons. The van der Waals surface area contributed by atoms with Crippen LogP contribution in [0, 0.1) is 5.92 Å². The molecule has 4 nitrogen and oxygen atoms in total. The molecule has 0 aromatic heterocycles. The van der Waals surface area contributed by atoms with Crippen LogP contribution in [0.2, 0.25) is 0 Å². The van der Waals surface area contributed by atoms with Crippen LogP contribution in [-0.4, -0.2) is 48.3 Å². The highest BCUT2D eigenvalue weighted by Crippen LogP contribution is 2.22. The summed E-state index contributed by atoms with van der Waals surface area (Å²) in [5, 5.41) is 8.89. The Kier molecular flexibility index (Phi) is 5.77. The molecule has 1 heterocycles. The lowest BCUT2D eigenvalue weighted by molar-refractivity contribution is -0.149.